The van der Waals surface area contributed by atoms with Crippen molar-refractivity contribution in [1.29, 1.82) is 0 Å². The van der Waals surface area contributed by atoms with Gasteiger partial charge in [-0.15, -0.1) is 0 Å². The second kappa shape index (κ2) is 10.1. The van der Waals surface area contributed by atoms with Crippen LogP contribution in [0.25, 0.3) is 11.7 Å². The van der Waals surface area contributed by atoms with E-state index in [-0.39, 0.29) is 36.8 Å². The molecule has 3 aromatic rings. The fourth-order valence-corrected chi connectivity index (χ4v) is 4.34. The topological polar surface area (TPSA) is 109 Å². The number of aliphatic hydroxyl groups is 1. The Balaban J connectivity index is 1.66. The van der Waals surface area contributed by atoms with E-state index in [1.807, 2.05) is 0 Å². The van der Waals surface area contributed by atoms with Crippen LogP contribution in [0.1, 0.15) is 11.3 Å². The molecule has 0 saturated carbocycles. The maximum Gasteiger partial charge on any atom is 0.267 e. The van der Waals surface area contributed by atoms with Crippen LogP contribution in [0.3, 0.4) is 0 Å². The smallest absolute Gasteiger partial charge is 0.267 e. The second-order valence-corrected chi connectivity index (χ2v) is 8.39. The van der Waals surface area contributed by atoms with Gasteiger partial charge in [0.25, 0.3) is 11.5 Å². The molecule has 9 nitrogen and oxygen atoms in total. The lowest BCUT2D eigenvalue weighted by Gasteiger charge is -2.12. The zero-order valence-electron chi connectivity index (χ0n) is 16.9. The first-order chi connectivity index (χ1) is 15.6. The van der Waals surface area contributed by atoms with Gasteiger partial charge in [-0.1, -0.05) is 30.0 Å². The molecule has 2 N–H and O–H groups in total. The molecule has 166 valence electrons. The number of pyridine rings is 1. The first-order valence-corrected chi connectivity index (χ1v) is 11.0. The summed E-state index contributed by atoms with van der Waals surface area (Å²) in [6.07, 6.45) is 4.68. The third kappa shape index (κ3) is 4.75. The van der Waals surface area contributed by atoms with E-state index >= 15 is 0 Å². The lowest BCUT2D eigenvalue weighted by Crippen LogP contribution is -2.27. The van der Waals surface area contributed by atoms with Crippen molar-refractivity contribution in [3.8, 4) is 0 Å². The Morgan fingerprint density at radius 3 is 2.91 bits per heavy atom. The van der Waals surface area contributed by atoms with Gasteiger partial charge in [0.05, 0.1) is 43.1 Å². The minimum Gasteiger partial charge on any atom is -0.467 e. The first kappa shape index (κ1) is 22.2. The van der Waals surface area contributed by atoms with Crippen LogP contribution >= 0.6 is 24.0 Å². The van der Waals surface area contributed by atoms with Crippen molar-refractivity contribution < 1.29 is 19.1 Å². The number of nitrogens with zero attached hydrogens (tertiary/aromatic N) is 3. The van der Waals surface area contributed by atoms with Crippen molar-refractivity contribution in [3.63, 3.8) is 0 Å². The summed E-state index contributed by atoms with van der Waals surface area (Å²) in [5.41, 5.74) is 0.402. The van der Waals surface area contributed by atoms with Crippen LogP contribution < -0.4 is 10.9 Å². The van der Waals surface area contributed by atoms with Crippen molar-refractivity contribution in [2.45, 2.75) is 6.54 Å². The Morgan fingerprint density at radius 2 is 2.12 bits per heavy atom. The standard InChI is InChI=1S/C21H20N4O5S2/c26-8-11-29-10-6-22-18-15(19(27)24-7-2-1-5-17(24)23-18)12-16-20(28)25(21(31)32-16)13-14-4-3-9-30-14/h1-5,7,9,12,22,26H,6,8,10-11,13H2/b16-12+. The van der Waals surface area contributed by atoms with Crippen LogP contribution in [-0.4, -0.2) is 56.0 Å². The van der Waals surface area contributed by atoms with E-state index in [2.05, 4.69) is 10.3 Å². The molecule has 1 aliphatic heterocycles. The number of hydrogen-bond acceptors (Lipinski definition) is 9. The highest BCUT2D eigenvalue weighted by Crippen LogP contribution is 2.34. The molecule has 11 heteroatoms. The van der Waals surface area contributed by atoms with Crippen molar-refractivity contribution >= 4 is 51.7 Å². The number of rotatable bonds is 9. The van der Waals surface area contributed by atoms with Gasteiger partial charge in [-0.2, -0.15) is 0 Å². The summed E-state index contributed by atoms with van der Waals surface area (Å²) in [6, 6.07) is 8.75. The highest BCUT2D eigenvalue weighted by Gasteiger charge is 2.33. The molecule has 3 aromatic heterocycles. The fraction of sp³-hybridized carbons (Fsp3) is 0.238. The predicted octanol–water partition coefficient (Wildman–Crippen LogP) is 2.11. The number of amides is 1. The van der Waals surface area contributed by atoms with E-state index in [4.69, 9.17) is 26.5 Å². The average Bonchev–Trinajstić information content (AvgIpc) is 3.40. The maximum absolute atomic E-state index is 13.2. The van der Waals surface area contributed by atoms with Crippen molar-refractivity contribution in [2.75, 3.05) is 31.7 Å². The van der Waals surface area contributed by atoms with Gasteiger partial charge in [-0.3, -0.25) is 18.9 Å². The number of carbonyl (C=O) groups is 1. The zero-order chi connectivity index (χ0) is 22.5. The number of furan rings is 1. The van der Waals surface area contributed by atoms with Crippen LogP contribution in [0.4, 0.5) is 5.82 Å². The van der Waals surface area contributed by atoms with E-state index in [0.717, 1.165) is 11.8 Å². The maximum atomic E-state index is 13.2. The summed E-state index contributed by atoms with van der Waals surface area (Å²) >= 11 is 6.50. The first-order valence-electron chi connectivity index (χ1n) is 9.80. The summed E-state index contributed by atoms with van der Waals surface area (Å²) in [4.78, 5) is 32.5. The molecule has 0 aromatic carbocycles. The van der Waals surface area contributed by atoms with Crippen molar-refractivity contribution in [3.05, 3.63) is 69.4 Å². The molecular weight excluding hydrogens is 452 g/mol. The largest absolute Gasteiger partial charge is 0.467 e. The molecule has 0 spiro atoms. The Kier molecular flexibility index (Phi) is 7.00. The number of fused-ring (bicyclic) bond motifs is 1. The number of thioether (sulfide) groups is 1. The molecule has 0 unspecified atom stereocenters. The molecule has 0 atom stereocenters. The highest BCUT2D eigenvalue weighted by molar-refractivity contribution is 8.26. The zero-order valence-corrected chi connectivity index (χ0v) is 18.5. The second-order valence-electron chi connectivity index (χ2n) is 6.72. The molecule has 0 bridgehead atoms. The lowest BCUT2D eigenvalue weighted by atomic mass is 10.2. The van der Waals surface area contributed by atoms with Crippen LogP contribution in [0.5, 0.6) is 0 Å². The minimum absolute atomic E-state index is 0.0688. The number of ether oxygens (including phenoxy) is 1. The predicted molar refractivity (Wildman–Crippen MR) is 125 cm³/mol. The quantitative estimate of drug-likeness (QED) is 0.275. The van der Waals surface area contributed by atoms with Crippen LogP contribution in [0.2, 0.25) is 0 Å². The van der Waals surface area contributed by atoms with E-state index in [9.17, 15) is 9.59 Å². The van der Waals surface area contributed by atoms with Gasteiger partial charge < -0.3 is 19.6 Å². The summed E-state index contributed by atoms with van der Waals surface area (Å²) < 4.78 is 12.4. The van der Waals surface area contributed by atoms with E-state index in [1.165, 1.54) is 21.6 Å². The number of aliphatic hydroxyl groups excluding tert-OH is 1. The third-order valence-corrected chi connectivity index (χ3v) is 5.96. The van der Waals surface area contributed by atoms with Crippen molar-refractivity contribution in [2.24, 2.45) is 0 Å². The average molecular weight is 473 g/mol. The third-order valence-electron chi connectivity index (χ3n) is 4.59. The molecular formula is C21H20N4O5S2. The molecule has 1 saturated heterocycles. The van der Waals surface area contributed by atoms with Gasteiger partial charge >= 0.3 is 0 Å². The van der Waals surface area contributed by atoms with Crippen LogP contribution in [0.15, 0.2) is 56.9 Å². The molecule has 1 aliphatic rings. The Morgan fingerprint density at radius 1 is 1.25 bits per heavy atom. The summed E-state index contributed by atoms with van der Waals surface area (Å²) in [6.45, 7) is 1.06. The number of nitrogens with one attached hydrogen (secondary N) is 1. The molecule has 1 amide bonds. The number of thiocarbonyl (C=S) groups is 1. The number of carbonyl (C=O) groups excluding carboxylic acids is 1. The Bertz CT molecular complexity index is 1220. The van der Waals surface area contributed by atoms with Crippen LogP contribution in [0, 0.1) is 0 Å². The number of hydrogen-bond donors (Lipinski definition) is 2. The summed E-state index contributed by atoms with van der Waals surface area (Å²) in [5, 5.41) is 11.9. The monoisotopic (exact) mass is 472 g/mol. The van der Waals surface area contributed by atoms with Crippen LogP contribution in [-0.2, 0) is 16.1 Å². The summed E-state index contributed by atoms with van der Waals surface area (Å²) in [7, 11) is 0. The van der Waals surface area contributed by atoms with Gasteiger partial charge in [0.15, 0.2) is 0 Å². The molecule has 4 rings (SSSR count). The molecule has 1 fully saturated rings. The molecule has 0 radical (unpaired) electrons. The lowest BCUT2D eigenvalue weighted by molar-refractivity contribution is -0.122. The highest BCUT2D eigenvalue weighted by atomic mass is 32.2. The van der Waals surface area contributed by atoms with Gasteiger partial charge in [0.2, 0.25) is 0 Å². The van der Waals surface area contributed by atoms with Gasteiger partial charge in [0.1, 0.15) is 21.5 Å². The van der Waals surface area contributed by atoms with Gasteiger partial charge in [-0.05, 0) is 30.3 Å². The Hall–Kier alpha value is -2.99. The number of aromatic nitrogens is 2. The van der Waals surface area contributed by atoms with E-state index in [0.29, 0.717) is 39.6 Å². The molecule has 32 heavy (non-hydrogen) atoms. The van der Waals surface area contributed by atoms with Gasteiger partial charge in [-0.25, -0.2) is 4.98 Å². The minimum atomic E-state index is -0.314. The normalized spacial score (nSPS) is 15.3. The van der Waals surface area contributed by atoms with E-state index in [1.54, 1.807) is 36.5 Å². The SMILES string of the molecule is O=C1/C(=C\c2c(NCCOCCO)nc3ccccn3c2=O)SC(=S)N1Cc1ccco1. The molecule has 4 heterocycles. The summed E-state index contributed by atoms with van der Waals surface area (Å²) in [5.74, 6) is 0.650. The number of anilines is 1. The Labute approximate surface area is 192 Å². The van der Waals surface area contributed by atoms with E-state index < -0.39 is 0 Å². The molecule has 0 aliphatic carbocycles. The van der Waals surface area contributed by atoms with Gasteiger partial charge in [0, 0.05) is 12.7 Å². The van der Waals surface area contributed by atoms with Crippen molar-refractivity contribution in [1.82, 2.24) is 14.3 Å². The fourth-order valence-electron chi connectivity index (χ4n) is 3.10.